The molecule has 0 radical (unpaired) electrons. The van der Waals surface area contributed by atoms with Crippen LogP contribution in [0, 0.1) is 6.92 Å². The Balaban J connectivity index is 2.06. The summed E-state index contributed by atoms with van der Waals surface area (Å²) in [5, 5.41) is 74.1. The molecule has 10 nitrogen and oxygen atoms in total. The van der Waals surface area contributed by atoms with E-state index in [2.05, 4.69) is 0 Å². The van der Waals surface area contributed by atoms with Crippen molar-refractivity contribution in [1.29, 1.82) is 0 Å². The smallest absolute Gasteiger partial charge is 0.201 e. The van der Waals surface area contributed by atoms with E-state index >= 15 is 0 Å². The van der Waals surface area contributed by atoms with E-state index in [9.17, 15) is 40.5 Å². The average Bonchev–Trinajstić information content (AvgIpc) is 2.75. The van der Waals surface area contributed by atoms with Gasteiger partial charge in [-0.1, -0.05) is 6.07 Å². The highest BCUT2D eigenvalue weighted by Crippen LogP contribution is 2.51. The fraction of sp³-hybridized carbons (Fsp3) is 0.409. The molecule has 0 unspecified atom stereocenters. The maximum Gasteiger partial charge on any atom is 0.201 e. The topological polar surface area (TPSA) is 177 Å². The maximum absolute atomic E-state index is 13.2. The number of hydrogen-bond donors (Lipinski definition) is 7. The van der Waals surface area contributed by atoms with Gasteiger partial charge in [0.1, 0.15) is 53.4 Å². The van der Waals surface area contributed by atoms with E-state index in [0.717, 1.165) is 6.07 Å². The molecule has 1 saturated heterocycles. The molecule has 4 rings (SSSR count). The van der Waals surface area contributed by atoms with Crippen LogP contribution in [0.1, 0.15) is 32.6 Å². The molecule has 6 atom stereocenters. The number of phenols is 2. The summed E-state index contributed by atoms with van der Waals surface area (Å²) in [7, 11) is 1.31. The lowest BCUT2D eigenvalue weighted by Crippen LogP contribution is -2.65. The number of carbonyl (C=O) groups excluding carboxylic acids is 1. The molecule has 0 amide bonds. The van der Waals surface area contributed by atoms with Crippen LogP contribution < -0.4 is 4.74 Å². The first kappa shape index (κ1) is 22.5. The molecule has 1 aliphatic heterocycles. The number of phenolic OH excluding ortho intramolecular Hbond substituents is 2. The number of aryl methyl sites for hydroxylation is 1. The van der Waals surface area contributed by atoms with E-state index < -0.39 is 60.0 Å². The number of aliphatic hydroxyl groups is 5. The number of aliphatic hydroxyl groups excluding tert-OH is 4. The minimum Gasteiger partial charge on any atom is -0.507 e. The quantitative estimate of drug-likeness (QED) is 0.309. The SMILES string of the molecule is COc1cc(O)c2c(c1)[C@@](O)([C@@H]1O[C@H](CO)[C@@H](O)[C@H](O)[C@H]1O)c1cc(C)cc(O)c1C2=O. The van der Waals surface area contributed by atoms with Gasteiger partial charge < -0.3 is 45.2 Å². The van der Waals surface area contributed by atoms with Crippen molar-refractivity contribution in [3.63, 3.8) is 0 Å². The molecule has 2 aromatic rings. The molecule has 172 valence electrons. The van der Waals surface area contributed by atoms with Gasteiger partial charge in [-0.3, -0.25) is 4.79 Å². The molecule has 0 spiro atoms. The molecule has 0 aromatic heterocycles. The van der Waals surface area contributed by atoms with Crippen molar-refractivity contribution in [2.24, 2.45) is 0 Å². The van der Waals surface area contributed by atoms with Crippen LogP contribution >= 0.6 is 0 Å². The highest BCUT2D eigenvalue weighted by molar-refractivity contribution is 6.16. The Hall–Kier alpha value is -2.73. The first-order chi connectivity index (χ1) is 15.1. The van der Waals surface area contributed by atoms with E-state index in [-0.39, 0.29) is 28.0 Å². The number of ether oxygens (including phenoxy) is 2. The van der Waals surface area contributed by atoms with Crippen LogP contribution in [0.25, 0.3) is 0 Å². The van der Waals surface area contributed by atoms with Crippen molar-refractivity contribution in [2.75, 3.05) is 13.7 Å². The van der Waals surface area contributed by atoms with Gasteiger partial charge in [-0.05, 0) is 24.6 Å². The number of carbonyl (C=O) groups is 1. The van der Waals surface area contributed by atoms with Crippen molar-refractivity contribution >= 4 is 5.78 Å². The molecular formula is C22H24O10. The highest BCUT2D eigenvalue weighted by Gasteiger charge is 2.58. The zero-order chi connectivity index (χ0) is 23.5. The second-order valence-electron chi connectivity index (χ2n) is 8.12. The van der Waals surface area contributed by atoms with E-state index in [0.29, 0.717) is 5.56 Å². The van der Waals surface area contributed by atoms with Crippen LogP contribution in [0.3, 0.4) is 0 Å². The number of hydrogen-bond acceptors (Lipinski definition) is 10. The van der Waals surface area contributed by atoms with Gasteiger partial charge in [-0.15, -0.1) is 0 Å². The van der Waals surface area contributed by atoms with Crippen LogP contribution in [0.5, 0.6) is 17.2 Å². The maximum atomic E-state index is 13.2. The van der Waals surface area contributed by atoms with Gasteiger partial charge in [0.15, 0.2) is 0 Å². The largest absolute Gasteiger partial charge is 0.507 e. The van der Waals surface area contributed by atoms with Gasteiger partial charge >= 0.3 is 0 Å². The zero-order valence-electron chi connectivity index (χ0n) is 17.3. The van der Waals surface area contributed by atoms with E-state index in [1.165, 1.54) is 25.3 Å². The summed E-state index contributed by atoms with van der Waals surface area (Å²) in [6.45, 7) is 0.870. The Labute approximate surface area is 182 Å². The summed E-state index contributed by atoms with van der Waals surface area (Å²) in [5.74, 6) is -1.70. The van der Waals surface area contributed by atoms with Crippen LogP contribution in [0.2, 0.25) is 0 Å². The number of benzene rings is 2. The fourth-order valence-corrected chi connectivity index (χ4v) is 4.59. The van der Waals surface area contributed by atoms with E-state index in [1.54, 1.807) is 6.92 Å². The summed E-state index contributed by atoms with van der Waals surface area (Å²) in [4.78, 5) is 13.2. The van der Waals surface area contributed by atoms with Crippen LogP contribution in [0.15, 0.2) is 24.3 Å². The normalized spacial score (nSPS) is 31.7. The number of fused-ring (bicyclic) bond motifs is 2. The van der Waals surface area contributed by atoms with Crippen LogP contribution in [0.4, 0.5) is 0 Å². The molecule has 1 aliphatic carbocycles. The summed E-state index contributed by atoms with van der Waals surface area (Å²) in [6, 6.07) is 5.14. The Morgan fingerprint density at radius 2 is 1.56 bits per heavy atom. The molecule has 32 heavy (non-hydrogen) atoms. The second kappa shape index (κ2) is 7.69. The van der Waals surface area contributed by atoms with Gasteiger partial charge in [-0.2, -0.15) is 0 Å². The predicted molar refractivity (Wildman–Crippen MR) is 108 cm³/mol. The molecule has 7 N–H and O–H groups in total. The minimum absolute atomic E-state index is 0.0809. The second-order valence-corrected chi connectivity index (χ2v) is 8.12. The van der Waals surface area contributed by atoms with Gasteiger partial charge in [0, 0.05) is 17.2 Å². The summed E-state index contributed by atoms with van der Waals surface area (Å²) >= 11 is 0. The summed E-state index contributed by atoms with van der Waals surface area (Å²) in [6.07, 6.45) is -8.41. The van der Waals surface area contributed by atoms with Crippen molar-refractivity contribution in [2.45, 2.75) is 43.0 Å². The van der Waals surface area contributed by atoms with E-state index in [1.807, 2.05) is 0 Å². The lowest BCUT2D eigenvalue weighted by molar-refractivity contribution is -0.265. The number of ketones is 1. The number of aromatic hydroxyl groups is 2. The van der Waals surface area contributed by atoms with Crippen molar-refractivity contribution in [1.82, 2.24) is 0 Å². The third-order valence-electron chi connectivity index (χ3n) is 6.17. The van der Waals surface area contributed by atoms with Gasteiger partial charge in [0.2, 0.25) is 5.78 Å². The third kappa shape index (κ3) is 2.99. The molecule has 1 heterocycles. The molecule has 10 heteroatoms. The lowest BCUT2D eigenvalue weighted by atomic mass is 9.68. The summed E-state index contributed by atoms with van der Waals surface area (Å²) in [5.41, 5.74) is -2.93. The first-order valence-electron chi connectivity index (χ1n) is 9.89. The molecule has 2 aromatic carbocycles. The Bertz CT molecular complexity index is 1080. The molecule has 0 bridgehead atoms. The van der Waals surface area contributed by atoms with Crippen LogP contribution in [-0.4, -0.2) is 85.8 Å². The van der Waals surface area contributed by atoms with Crippen molar-refractivity contribution < 1.29 is 50.0 Å². The molecule has 2 aliphatic rings. The number of methoxy groups -OCH3 is 1. The Morgan fingerprint density at radius 3 is 2.16 bits per heavy atom. The van der Waals surface area contributed by atoms with Crippen molar-refractivity contribution in [3.05, 3.63) is 52.1 Å². The lowest BCUT2D eigenvalue weighted by Gasteiger charge is -2.49. The van der Waals surface area contributed by atoms with E-state index in [4.69, 9.17) is 9.47 Å². The van der Waals surface area contributed by atoms with Gasteiger partial charge in [-0.25, -0.2) is 0 Å². The molecule has 1 fully saturated rings. The summed E-state index contributed by atoms with van der Waals surface area (Å²) < 4.78 is 10.8. The Kier molecular flexibility index (Phi) is 5.40. The number of rotatable bonds is 3. The van der Waals surface area contributed by atoms with Gasteiger partial charge in [0.25, 0.3) is 0 Å². The average molecular weight is 448 g/mol. The molecular weight excluding hydrogens is 424 g/mol. The standard InChI is InChI=1S/C22H24O10/c1-8-3-10-15(12(24)4-8)18(27)16-11(5-9(31-2)6-13(16)25)22(10,30)21-20(29)19(28)17(26)14(7-23)32-21/h3-6,14,17,19-21,23-26,28-30H,7H2,1-2H3/t14-,17-,19+,20-,21-,22-/m1/s1. The third-order valence-corrected chi connectivity index (χ3v) is 6.17. The fourth-order valence-electron chi connectivity index (χ4n) is 4.59. The minimum atomic E-state index is -2.40. The predicted octanol–water partition coefficient (Wildman–Crippen LogP) is -0.962. The van der Waals surface area contributed by atoms with Gasteiger partial charge in [0.05, 0.1) is 24.8 Å². The highest BCUT2D eigenvalue weighted by atomic mass is 16.6. The van der Waals surface area contributed by atoms with Crippen molar-refractivity contribution in [3.8, 4) is 17.2 Å². The first-order valence-corrected chi connectivity index (χ1v) is 9.89. The van der Waals surface area contributed by atoms with Crippen LogP contribution in [-0.2, 0) is 10.3 Å². The molecule has 0 saturated carbocycles. The monoisotopic (exact) mass is 448 g/mol. The Morgan fingerprint density at radius 1 is 0.969 bits per heavy atom. The zero-order valence-corrected chi connectivity index (χ0v) is 17.3.